The van der Waals surface area contributed by atoms with Crippen LogP contribution < -0.4 is 5.32 Å². The summed E-state index contributed by atoms with van der Waals surface area (Å²) < 4.78 is 5.48. The Balaban J connectivity index is 3.36. The monoisotopic (exact) mass is 1040 g/mol. The van der Waals surface area contributed by atoms with E-state index >= 15 is 0 Å². The zero-order valence-electron chi connectivity index (χ0n) is 49.8. The number of ether oxygens (including phenoxy) is 1. The van der Waals surface area contributed by atoms with Crippen LogP contribution in [0.1, 0.15) is 361 Å². The van der Waals surface area contributed by atoms with E-state index in [2.05, 4.69) is 43.5 Å². The SMILES string of the molecule is CCCCCCC/C=C\CCCCCCCC(=O)OCCCCCCCCCCCCCC/C=C\CCCCCCCCCCCCCCCCCC(=O)NC(CO)C(O)/C=C/CCCCCCCCCCCC. The highest BCUT2D eigenvalue weighted by molar-refractivity contribution is 5.76. The molecule has 0 heterocycles. The van der Waals surface area contributed by atoms with E-state index in [1.54, 1.807) is 6.08 Å². The lowest BCUT2D eigenvalue weighted by atomic mass is 10.0. The summed E-state index contributed by atoms with van der Waals surface area (Å²) in [6, 6.07) is -0.625. The van der Waals surface area contributed by atoms with Crippen molar-refractivity contribution in [2.24, 2.45) is 0 Å². The molecule has 0 radical (unpaired) electrons. The zero-order valence-corrected chi connectivity index (χ0v) is 49.8. The number of carbonyl (C=O) groups is 2. The second-order valence-corrected chi connectivity index (χ2v) is 22.8. The molecule has 0 bridgehead atoms. The van der Waals surface area contributed by atoms with Crippen LogP contribution >= 0.6 is 0 Å². The van der Waals surface area contributed by atoms with E-state index in [1.807, 2.05) is 6.08 Å². The van der Waals surface area contributed by atoms with Gasteiger partial charge in [-0.25, -0.2) is 0 Å². The number of hydrogen-bond donors (Lipinski definition) is 3. The Labute approximate surface area is 462 Å². The summed E-state index contributed by atoms with van der Waals surface area (Å²) in [5, 5.41) is 23.1. The molecule has 0 saturated heterocycles. The average molecular weight is 1040 g/mol. The van der Waals surface area contributed by atoms with Crippen LogP contribution in [-0.4, -0.2) is 47.4 Å². The van der Waals surface area contributed by atoms with Crippen molar-refractivity contribution in [1.29, 1.82) is 0 Å². The van der Waals surface area contributed by atoms with Gasteiger partial charge in [0.1, 0.15) is 0 Å². The Bertz CT molecular complexity index is 1200. The van der Waals surface area contributed by atoms with Crippen LogP contribution in [0.3, 0.4) is 0 Å². The van der Waals surface area contributed by atoms with Gasteiger partial charge >= 0.3 is 5.97 Å². The van der Waals surface area contributed by atoms with Crippen molar-refractivity contribution in [3.8, 4) is 0 Å². The summed E-state index contributed by atoms with van der Waals surface area (Å²) in [6.45, 7) is 4.90. The summed E-state index contributed by atoms with van der Waals surface area (Å²) in [5.74, 6) is -0.0567. The molecule has 0 aliphatic rings. The van der Waals surface area contributed by atoms with Gasteiger partial charge in [-0.05, 0) is 83.5 Å². The lowest BCUT2D eigenvalue weighted by Crippen LogP contribution is -2.45. The summed E-state index contributed by atoms with van der Waals surface area (Å²) >= 11 is 0. The third kappa shape index (κ3) is 59.3. The Hall–Kier alpha value is -1.92. The normalized spacial score (nSPS) is 12.8. The first-order valence-corrected chi connectivity index (χ1v) is 33.3. The minimum atomic E-state index is -0.842. The molecule has 0 aliphatic carbocycles. The van der Waals surface area contributed by atoms with Gasteiger partial charge in [-0.3, -0.25) is 9.59 Å². The van der Waals surface area contributed by atoms with E-state index in [4.69, 9.17) is 4.74 Å². The molecule has 0 rings (SSSR count). The molecule has 0 aliphatic heterocycles. The van der Waals surface area contributed by atoms with E-state index in [1.165, 1.54) is 289 Å². The average Bonchev–Trinajstić information content (AvgIpc) is 3.40. The van der Waals surface area contributed by atoms with Gasteiger partial charge in [0.2, 0.25) is 5.91 Å². The standard InChI is InChI=1S/C68H129NO5/c1-3-5-7-9-11-13-15-17-38-42-46-50-54-58-62-68(73)74-63-59-55-51-47-43-39-36-34-32-30-28-26-24-22-20-18-19-21-23-25-27-29-31-33-35-37-41-45-49-53-57-61-67(72)69-65(64-70)66(71)60-56-52-48-44-40-16-14-12-10-8-6-4-2/h15,17,20,22,56,60,65-66,70-71H,3-14,16,18-19,21,23-55,57-59,61-64H2,1-2H3,(H,69,72)/b17-15-,22-20-,60-56+. The molecular formula is C68H129NO5. The molecule has 436 valence electrons. The molecule has 6 nitrogen and oxygen atoms in total. The largest absolute Gasteiger partial charge is 0.466 e. The Morgan fingerprint density at radius 1 is 0.365 bits per heavy atom. The number of allylic oxidation sites excluding steroid dienone is 5. The quantitative estimate of drug-likeness (QED) is 0.0320. The summed E-state index contributed by atoms with van der Waals surface area (Å²) in [7, 11) is 0. The molecule has 2 unspecified atom stereocenters. The first-order valence-electron chi connectivity index (χ1n) is 33.3. The smallest absolute Gasteiger partial charge is 0.305 e. The molecule has 3 N–H and O–H groups in total. The van der Waals surface area contributed by atoms with Crippen LogP contribution in [0.5, 0.6) is 0 Å². The lowest BCUT2D eigenvalue weighted by Gasteiger charge is -2.20. The Kier molecular flexibility index (Phi) is 62.0. The van der Waals surface area contributed by atoms with Crippen molar-refractivity contribution in [1.82, 2.24) is 5.32 Å². The number of hydrogen-bond acceptors (Lipinski definition) is 5. The van der Waals surface area contributed by atoms with Gasteiger partial charge < -0.3 is 20.3 Å². The Morgan fingerprint density at radius 3 is 0.959 bits per heavy atom. The van der Waals surface area contributed by atoms with Gasteiger partial charge in [0, 0.05) is 12.8 Å². The van der Waals surface area contributed by atoms with Gasteiger partial charge in [-0.2, -0.15) is 0 Å². The van der Waals surface area contributed by atoms with Gasteiger partial charge in [0.25, 0.3) is 0 Å². The third-order valence-corrected chi connectivity index (χ3v) is 15.4. The summed E-state index contributed by atoms with van der Waals surface area (Å²) in [4.78, 5) is 24.5. The number of aliphatic hydroxyl groups excluding tert-OH is 2. The zero-order chi connectivity index (χ0) is 53.6. The highest BCUT2D eigenvalue weighted by Crippen LogP contribution is 2.17. The van der Waals surface area contributed by atoms with Crippen molar-refractivity contribution in [3.63, 3.8) is 0 Å². The van der Waals surface area contributed by atoms with Crippen LogP contribution in [0.15, 0.2) is 36.5 Å². The molecular weight excluding hydrogens is 911 g/mol. The van der Waals surface area contributed by atoms with Crippen LogP contribution in [0, 0.1) is 0 Å². The number of aliphatic hydroxyl groups is 2. The molecule has 1 amide bonds. The predicted molar refractivity (Wildman–Crippen MR) is 324 cm³/mol. The number of nitrogens with one attached hydrogen (secondary N) is 1. The first kappa shape index (κ1) is 72.1. The minimum absolute atomic E-state index is 0.00887. The fraction of sp³-hybridized carbons (Fsp3) is 0.882. The molecule has 0 spiro atoms. The second kappa shape index (κ2) is 63.6. The first-order chi connectivity index (χ1) is 36.5. The molecule has 6 heteroatoms. The van der Waals surface area contributed by atoms with Crippen molar-refractivity contribution in [2.45, 2.75) is 373 Å². The van der Waals surface area contributed by atoms with Crippen molar-refractivity contribution in [2.75, 3.05) is 13.2 Å². The predicted octanol–water partition coefficient (Wildman–Crippen LogP) is 21.1. The molecule has 2 atom stereocenters. The molecule has 0 aromatic rings. The second-order valence-electron chi connectivity index (χ2n) is 22.8. The van der Waals surface area contributed by atoms with Crippen molar-refractivity contribution in [3.05, 3.63) is 36.5 Å². The fourth-order valence-corrected chi connectivity index (χ4v) is 10.3. The van der Waals surface area contributed by atoms with Gasteiger partial charge in [0.15, 0.2) is 0 Å². The van der Waals surface area contributed by atoms with E-state index in [9.17, 15) is 19.8 Å². The molecule has 74 heavy (non-hydrogen) atoms. The van der Waals surface area contributed by atoms with E-state index < -0.39 is 12.1 Å². The van der Waals surface area contributed by atoms with Gasteiger partial charge in [-0.1, -0.05) is 301 Å². The van der Waals surface area contributed by atoms with Crippen LogP contribution in [0.4, 0.5) is 0 Å². The van der Waals surface area contributed by atoms with Crippen LogP contribution in [-0.2, 0) is 14.3 Å². The third-order valence-electron chi connectivity index (χ3n) is 15.4. The number of carbonyl (C=O) groups excluding carboxylic acids is 2. The number of unbranched alkanes of at least 4 members (excludes halogenated alkanes) is 47. The topological polar surface area (TPSA) is 95.9 Å². The number of rotatable bonds is 62. The maximum Gasteiger partial charge on any atom is 0.305 e. The highest BCUT2D eigenvalue weighted by Gasteiger charge is 2.18. The van der Waals surface area contributed by atoms with Crippen LogP contribution in [0.2, 0.25) is 0 Å². The molecule has 0 aromatic carbocycles. The van der Waals surface area contributed by atoms with E-state index in [-0.39, 0.29) is 18.5 Å². The summed E-state index contributed by atoms with van der Waals surface area (Å²) in [5.41, 5.74) is 0. The molecule has 0 fully saturated rings. The minimum Gasteiger partial charge on any atom is -0.466 e. The van der Waals surface area contributed by atoms with E-state index in [0.717, 1.165) is 44.9 Å². The maximum absolute atomic E-state index is 12.4. The van der Waals surface area contributed by atoms with Gasteiger partial charge in [0.05, 0.1) is 25.4 Å². The highest BCUT2D eigenvalue weighted by atomic mass is 16.5. The number of esters is 1. The molecule has 0 saturated carbocycles. The van der Waals surface area contributed by atoms with Crippen molar-refractivity contribution >= 4 is 11.9 Å². The maximum atomic E-state index is 12.4. The van der Waals surface area contributed by atoms with Crippen molar-refractivity contribution < 1.29 is 24.5 Å². The fourth-order valence-electron chi connectivity index (χ4n) is 10.3. The Morgan fingerprint density at radius 2 is 0.635 bits per heavy atom. The van der Waals surface area contributed by atoms with Crippen LogP contribution in [0.25, 0.3) is 0 Å². The molecule has 0 aromatic heterocycles. The lowest BCUT2D eigenvalue weighted by molar-refractivity contribution is -0.143. The van der Waals surface area contributed by atoms with E-state index in [0.29, 0.717) is 19.4 Å². The van der Waals surface area contributed by atoms with Gasteiger partial charge in [-0.15, -0.1) is 0 Å². The summed E-state index contributed by atoms with van der Waals surface area (Å²) in [6.07, 6.45) is 80.7. The number of amides is 1.